The third kappa shape index (κ3) is 2.25. The number of fused-ring (bicyclic) bond motifs is 2. The average molecular weight is 336 g/mol. The Balaban J connectivity index is 1.59. The number of nitrogens with zero attached hydrogens (tertiary/aromatic N) is 2. The number of aromatic nitrogens is 1. The zero-order valence-electron chi connectivity index (χ0n) is 14.1. The first kappa shape index (κ1) is 14.9. The van der Waals surface area contributed by atoms with Gasteiger partial charge in [0.25, 0.3) is 0 Å². The number of benzene rings is 1. The van der Waals surface area contributed by atoms with Crippen LogP contribution < -0.4 is 5.32 Å². The number of rotatable bonds is 1. The summed E-state index contributed by atoms with van der Waals surface area (Å²) in [6, 6.07) is 6.80. The minimum Gasteiger partial charge on any atom is -0.361 e. The largest absolute Gasteiger partial charge is 0.361 e. The minimum absolute atomic E-state index is 0.0713. The van der Waals surface area contributed by atoms with E-state index in [2.05, 4.69) is 52.7 Å². The quantitative estimate of drug-likeness (QED) is 0.754. The van der Waals surface area contributed by atoms with Crippen molar-refractivity contribution in [3.8, 4) is 0 Å². The Bertz CT molecular complexity index is 913. The van der Waals surface area contributed by atoms with Crippen LogP contribution in [0.15, 0.2) is 30.5 Å². The Morgan fingerprint density at radius 3 is 2.76 bits per heavy atom. The first-order valence-electron chi connectivity index (χ1n) is 8.68. The van der Waals surface area contributed by atoms with Gasteiger partial charge in [-0.1, -0.05) is 18.2 Å². The number of carbonyl (C=O) groups is 2. The number of likely N-dealkylation sites (N-methyl/N-ethyl adjacent to an activating group) is 1. The van der Waals surface area contributed by atoms with Gasteiger partial charge in [0.05, 0.1) is 13.1 Å². The van der Waals surface area contributed by atoms with E-state index in [9.17, 15) is 9.59 Å². The number of piperazine rings is 1. The number of nitrogens with one attached hydrogen (secondary N) is 2. The van der Waals surface area contributed by atoms with Gasteiger partial charge in [-0.05, 0) is 36.2 Å². The van der Waals surface area contributed by atoms with E-state index in [0.29, 0.717) is 6.04 Å². The molecule has 1 aromatic heterocycles. The third-order valence-electron chi connectivity index (χ3n) is 5.69. The van der Waals surface area contributed by atoms with Crippen molar-refractivity contribution in [2.24, 2.45) is 0 Å². The summed E-state index contributed by atoms with van der Waals surface area (Å²) in [5.74, 6) is -0.420. The second-order valence-corrected chi connectivity index (χ2v) is 7.27. The summed E-state index contributed by atoms with van der Waals surface area (Å²) in [6.07, 6.45) is 5.39. The van der Waals surface area contributed by atoms with Crippen LogP contribution in [-0.4, -0.2) is 65.4 Å². The molecule has 2 atom stereocenters. The Hall–Kier alpha value is -2.44. The Kier molecular flexibility index (Phi) is 3.14. The molecule has 0 unspecified atom stereocenters. The lowest BCUT2D eigenvalue weighted by atomic mass is 9.81. The molecular formula is C19H20N4O2. The summed E-state index contributed by atoms with van der Waals surface area (Å²) < 4.78 is 0. The van der Waals surface area contributed by atoms with Crippen LogP contribution in [0.5, 0.6) is 0 Å². The minimum atomic E-state index is -0.210. The number of amides is 2. The molecule has 0 saturated carbocycles. The van der Waals surface area contributed by atoms with E-state index in [-0.39, 0.29) is 30.9 Å². The summed E-state index contributed by atoms with van der Waals surface area (Å²) in [5.41, 5.74) is 5.12. The summed E-state index contributed by atoms with van der Waals surface area (Å²) in [6.45, 7) is 1.38. The molecule has 25 heavy (non-hydrogen) atoms. The predicted octanol–water partition coefficient (Wildman–Crippen LogP) is 0.748. The molecule has 1 saturated heterocycles. The van der Waals surface area contributed by atoms with Crippen molar-refractivity contribution < 1.29 is 9.59 Å². The van der Waals surface area contributed by atoms with Gasteiger partial charge in [-0.3, -0.25) is 24.7 Å². The van der Waals surface area contributed by atoms with Crippen molar-refractivity contribution in [1.82, 2.24) is 20.1 Å². The molecule has 1 aromatic carbocycles. The molecule has 2 amide bonds. The molecule has 2 aliphatic heterocycles. The van der Waals surface area contributed by atoms with Gasteiger partial charge in [0.15, 0.2) is 0 Å². The van der Waals surface area contributed by atoms with E-state index < -0.39 is 0 Å². The van der Waals surface area contributed by atoms with Gasteiger partial charge >= 0.3 is 0 Å². The highest BCUT2D eigenvalue weighted by Crippen LogP contribution is 2.40. The summed E-state index contributed by atoms with van der Waals surface area (Å²) in [4.78, 5) is 31.2. The lowest BCUT2D eigenvalue weighted by Gasteiger charge is -2.43. The van der Waals surface area contributed by atoms with Crippen molar-refractivity contribution in [1.29, 1.82) is 0 Å². The summed E-state index contributed by atoms with van der Waals surface area (Å²) in [7, 11) is 2.13. The fourth-order valence-electron chi connectivity index (χ4n) is 4.55. The maximum absolute atomic E-state index is 11.8. The molecule has 5 rings (SSSR count). The van der Waals surface area contributed by atoms with Crippen LogP contribution in [-0.2, 0) is 16.0 Å². The van der Waals surface area contributed by atoms with E-state index in [1.165, 1.54) is 27.6 Å². The van der Waals surface area contributed by atoms with Crippen molar-refractivity contribution in [3.63, 3.8) is 0 Å². The van der Waals surface area contributed by atoms with Crippen LogP contribution in [0.2, 0.25) is 0 Å². The van der Waals surface area contributed by atoms with Crippen LogP contribution >= 0.6 is 0 Å². The second-order valence-electron chi connectivity index (χ2n) is 7.27. The first-order chi connectivity index (χ1) is 12.1. The number of aromatic amines is 1. The number of imide groups is 1. The van der Waals surface area contributed by atoms with E-state index in [1.807, 2.05) is 4.90 Å². The molecule has 3 heterocycles. The summed E-state index contributed by atoms with van der Waals surface area (Å²) >= 11 is 0. The fraction of sp³-hybridized carbons (Fsp3) is 0.368. The van der Waals surface area contributed by atoms with Crippen LogP contribution in [0.1, 0.15) is 11.1 Å². The van der Waals surface area contributed by atoms with E-state index in [4.69, 9.17) is 0 Å². The molecule has 0 spiro atoms. The van der Waals surface area contributed by atoms with Gasteiger partial charge in [0.2, 0.25) is 11.8 Å². The highest BCUT2D eigenvalue weighted by Gasteiger charge is 2.37. The number of carbonyl (C=O) groups excluding carboxylic acids is 2. The standard InChI is InChI=1S/C19H20N4O2/c1-22-8-12(23-9-17(24)21-18(25)10-23)6-14-13-3-2-4-15-19(13)11(7-20-15)5-16(14)22/h2-4,6-7,12,16,20H,5,8-10H2,1H3,(H,21,24,25)/t12-,16-/m1/s1. The number of H-pyrrole nitrogens is 1. The normalized spacial score (nSPS) is 27.2. The van der Waals surface area contributed by atoms with E-state index >= 15 is 0 Å². The van der Waals surface area contributed by atoms with Crippen molar-refractivity contribution >= 4 is 28.3 Å². The molecule has 2 aromatic rings. The molecule has 2 N–H and O–H groups in total. The van der Waals surface area contributed by atoms with Crippen molar-refractivity contribution in [2.45, 2.75) is 18.5 Å². The van der Waals surface area contributed by atoms with Crippen LogP contribution in [0, 0.1) is 0 Å². The summed E-state index contributed by atoms with van der Waals surface area (Å²) in [5, 5.41) is 3.70. The molecule has 1 aliphatic carbocycles. The van der Waals surface area contributed by atoms with Crippen molar-refractivity contribution in [2.75, 3.05) is 26.7 Å². The van der Waals surface area contributed by atoms with Gasteiger partial charge in [-0.2, -0.15) is 0 Å². The Morgan fingerprint density at radius 2 is 1.96 bits per heavy atom. The average Bonchev–Trinajstić information content (AvgIpc) is 2.99. The van der Waals surface area contributed by atoms with Crippen LogP contribution in [0.3, 0.4) is 0 Å². The molecule has 6 heteroatoms. The molecule has 0 bridgehead atoms. The molecular weight excluding hydrogens is 316 g/mol. The zero-order valence-corrected chi connectivity index (χ0v) is 14.1. The van der Waals surface area contributed by atoms with Crippen LogP contribution in [0.25, 0.3) is 16.5 Å². The van der Waals surface area contributed by atoms with Gasteiger partial charge in [-0.15, -0.1) is 0 Å². The maximum atomic E-state index is 11.8. The molecule has 6 nitrogen and oxygen atoms in total. The first-order valence-corrected chi connectivity index (χ1v) is 8.68. The van der Waals surface area contributed by atoms with Gasteiger partial charge in [-0.25, -0.2) is 0 Å². The Labute approximate surface area is 145 Å². The highest BCUT2D eigenvalue weighted by molar-refractivity contribution is 6.00. The van der Waals surface area contributed by atoms with E-state index in [0.717, 1.165) is 13.0 Å². The zero-order chi connectivity index (χ0) is 17.1. The van der Waals surface area contributed by atoms with Crippen molar-refractivity contribution in [3.05, 3.63) is 41.6 Å². The lowest BCUT2D eigenvalue weighted by molar-refractivity contribution is -0.136. The monoisotopic (exact) mass is 336 g/mol. The highest BCUT2D eigenvalue weighted by atomic mass is 16.2. The number of hydrogen-bond donors (Lipinski definition) is 2. The van der Waals surface area contributed by atoms with Crippen LogP contribution in [0.4, 0.5) is 0 Å². The van der Waals surface area contributed by atoms with Gasteiger partial charge in [0.1, 0.15) is 0 Å². The predicted molar refractivity (Wildman–Crippen MR) is 94.9 cm³/mol. The third-order valence-corrected chi connectivity index (χ3v) is 5.69. The SMILES string of the molecule is CN1C[C@H](N2CC(=O)NC(=O)C2)C=C2c3cccc4[nH]cc(c34)C[C@H]21. The topological polar surface area (TPSA) is 68.4 Å². The lowest BCUT2D eigenvalue weighted by Crippen LogP contribution is -2.58. The molecule has 3 aliphatic rings. The van der Waals surface area contributed by atoms with Gasteiger partial charge < -0.3 is 4.98 Å². The van der Waals surface area contributed by atoms with E-state index in [1.54, 1.807) is 0 Å². The maximum Gasteiger partial charge on any atom is 0.240 e. The Morgan fingerprint density at radius 1 is 1.16 bits per heavy atom. The molecule has 0 radical (unpaired) electrons. The number of hydrogen-bond acceptors (Lipinski definition) is 4. The molecule has 1 fully saturated rings. The second kappa shape index (κ2) is 5.28. The van der Waals surface area contributed by atoms with Gasteiger partial charge in [0, 0.05) is 35.7 Å². The molecule has 128 valence electrons. The smallest absolute Gasteiger partial charge is 0.240 e. The fourth-order valence-corrected chi connectivity index (χ4v) is 4.55.